The molecule has 1 nitrogen and oxygen atoms in total. The monoisotopic (exact) mass is 219 g/mol. The minimum absolute atomic E-state index is 0. The lowest BCUT2D eigenvalue weighted by atomic mass is 10.2. The zero-order valence-corrected chi connectivity index (χ0v) is 9.68. The Morgan fingerprint density at radius 2 is 1.54 bits per heavy atom. The first-order chi connectivity index (χ1) is 5.52. The van der Waals surface area contributed by atoms with E-state index in [0.29, 0.717) is 0 Å². The van der Waals surface area contributed by atoms with Crippen LogP contribution in [0.3, 0.4) is 0 Å². The highest BCUT2D eigenvalue weighted by Crippen LogP contribution is 2.26. The van der Waals surface area contributed by atoms with Crippen LogP contribution in [-0.2, 0) is 0 Å². The summed E-state index contributed by atoms with van der Waals surface area (Å²) in [5.74, 6) is 0. The standard InChI is InChI=1S/C10H15ClN.ClH/c1-12(2,3)10(11)9-7-5-4-6-8-9;/h4-8,10H,1-3H3;1H/q+1;/p-1. The van der Waals surface area contributed by atoms with Crippen molar-refractivity contribution in [3.8, 4) is 0 Å². The Bertz CT molecular complexity index is 241. The fourth-order valence-corrected chi connectivity index (χ4v) is 1.20. The Morgan fingerprint density at radius 3 is 1.92 bits per heavy atom. The molecule has 0 radical (unpaired) electrons. The van der Waals surface area contributed by atoms with E-state index in [1.165, 1.54) is 5.56 Å². The summed E-state index contributed by atoms with van der Waals surface area (Å²) in [6.45, 7) is 0. The molecule has 0 aliphatic rings. The predicted molar refractivity (Wildman–Crippen MR) is 53.1 cm³/mol. The van der Waals surface area contributed by atoms with Gasteiger partial charge in [0.15, 0.2) is 5.50 Å². The minimum atomic E-state index is 0. The molecule has 0 heterocycles. The van der Waals surface area contributed by atoms with Crippen LogP contribution in [0.1, 0.15) is 11.1 Å². The van der Waals surface area contributed by atoms with Crippen LogP contribution in [0.25, 0.3) is 0 Å². The maximum Gasteiger partial charge on any atom is 0.190 e. The third-order valence-electron chi connectivity index (χ3n) is 1.75. The number of alkyl halides is 1. The smallest absolute Gasteiger partial charge is 0.190 e. The Kier molecular flexibility index (Phi) is 4.76. The quantitative estimate of drug-likeness (QED) is 0.362. The van der Waals surface area contributed by atoms with E-state index in [2.05, 4.69) is 33.3 Å². The molecule has 0 spiro atoms. The van der Waals surface area contributed by atoms with Gasteiger partial charge in [-0.2, -0.15) is 0 Å². The summed E-state index contributed by atoms with van der Waals surface area (Å²) in [7, 11) is 6.26. The second-order valence-electron chi connectivity index (χ2n) is 3.86. The lowest BCUT2D eigenvalue weighted by molar-refractivity contribution is -0.888. The molecule has 74 valence electrons. The molecule has 0 aliphatic heterocycles. The molecule has 1 rings (SSSR count). The molecule has 0 saturated carbocycles. The first-order valence-corrected chi connectivity index (χ1v) is 4.45. The van der Waals surface area contributed by atoms with Gasteiger partial charge in [0.2, 0.25) is 0 Å². The van der Waals surface area contributed by atoms with E-state index in [1.807, 2.05) is 18.2 Å². The third kappa shape index (κ3) is 3.55. The highest BCUT2D eigenvalue weighted by atomic mass is 35.5. The summed E-state index contributed by atoms with van der Waals surface area (Å²) in [5, 5.41) is 0. The molecule has 1 aromatic rings. The molecule has 0 aliphatic carbocycles. The largest absolute Gasteiger partial charge is 1.00 e. The zero-order chi connectivity index (χ0) is 9.19. The van der Waals surface area contributed by atoms with Crippen molar-refractivity contribution in [2.45, 2.75) is 5.50 Å². The summed E-state index contributed by atoms with van der Waals surface area (Å²) < 4.78 is 0.742. The zero-order valence-electron chi connectivity index (χ0n) is 8.17. The molecule has 1 atom stereocenters. The Hall–Kier alpha value is -0.240. The molecule has 0 amide bonds. The van der Waals surface area contributed by atoms with E-state index in [0.717, 1.165) is 4.48 Å². The Labute approximate surface area is 91.3 Å². The lowest BCUT2D eigenvalue weighted by Crippen LogP contribution is -3.00. The third-order valence-corrected chi connectivity index (χ3v) is 2.59. The lowest BCUT2D eigenvalue weighted by Gasteiger charge is -2.29. The maximum absolute atomic E-state index is 6.25. The van der Waals surface area contributed by atoms with E-state index >= 15 is 0 Å². The van der Waals surface area contributed by atoms with Crippen LogP contribution >= 0.6 is 11.6 Å². The topological polar surface area (TPSA) is 0 Å². The second kappa shape index (κ2) is 4.85. The van der Waals surface area contributed by atoms with Gasteiger partial charge < -0.3 is 16.9 Å². The number of quaternary nitrogens is 1. The molecule has 0 saturated heterocycles. The number of benzene rings is 1. The van der Waals surface area contributed by atoms with Crippen molar-refractivity contribution in [1.82, 2.24) is 0 Å². The van der Waals surface area contributed by atoms with E-state index < -0.39 is 0 Å². The second-order valence-corrected chi connectivity index (χ2v) is 4.28. The highest BCUT2D eigenvalue weighted by Gasteiger charge is 2.21. The number of nitrogens with zero attached hydrogens (tertiary/aromatic N) is 1. The normalized spacial score (nSPS) is 13.2. The fraction of sp³-hybridized carbons (Fsp3) is 0.400. The average Bonchev–Trinajstić information content (AvgIpc) is 2.03. The van der Waals surface area contributed by atoms with Crippen LogP contribution in [0.4, 0.5) is 0 Å². The fourth-order valence-electron chi connectivity index (χ4n) is 1.06. The molecule has 1 unspecified atom stereocenters. The van der Waals surface area contributed by atoms with Gasteiger partial charge >= 0.3 is 0 Å². The van der Waals surface area contributed by atoms with Gasteiger partial charge in [-0.15, -0.1) is 0 Å². The van der Waals surface area contributed by atoms with Gasteiger partial charge in [0.1, 0.15) is 0 Å². The van der Waals surface area contributed by atoms with Gasteiger partial charge in [-0.1, -0.05) is 41.9 Å². The van der Waals surface area contributed by atoms with E-state index in [-0.39, 0.29) is 17.9 Å². The van der Waals surface area contributed by atoms with Crippen molar-refractivity contribution in [3.63, 3.8) is 0 Å². The molecule has 0 aromatic heterocycles. The van der Waals surface area contributed by atoms with Gasteiger partial charge in [-0.25, -0.2) is 0 Å². The van der Waals surface area contributed by atoms with Crippen LogP contribution in [0.15, 0.2) is 30.3 Å². The number of halogens is 2. The van der Waals surface area contributed by atoms with E-state index in [1.54, 1.807) is 0 Å². The maximum atomic E-state index is 6.25. The van der Waals surface area contributed by atoms with Crippen molar-refractivity contribution in [1.29, 1.82) is 0 Å². The molecular weight excluding hydrogens is 205 g/mol. The van der Waals surface area contributed by atoms with E-state index in [9.17, 15) is 0 Å². The van der Waals surface area contributed by atoms with E-state index in [4.69, 9.17) is 11.6 Å². The van der Waals surface area contributed by atoms with Gasteiger partial charge in [0.05, 0.1) is 21.1 Å². The van der Waals surface area contributed by atoms with Crippen molar-refractivity contribution in [3.05, 3.63) is 35.9 Å². The van der Waals surface area contributed by atoms with Crippen molar-refractivity contribution in [2.75, 3.05) is 21.1 Å². The SMILES string of the molecule is C[N+](C)(C)C(Cl)c1ccccc1.[Cl-]. The first kappa shape index (κ1) is 12.8. The number of rotatable bonds is 2. The van der Waals surface area contributed by atoms with Crippen LogP contribution < -0.4 is 12.4 Å². The molecule has 0 fully saturated rings. The van der Waals surface area contributed by atoms with Crippen LogP contribution in [0.2, 0.25) is 0 Å². The van der Waals surface area contributed by atoms with Gasteiger partial charge in [0.25, 0.3) is 0 Å². The Morgan fingerprint density at radius 1 is 1.08 bits per heavy atom. The number of hydrogen-bond acceptors (Lipinski definition) is 0. The predicted octanol–water partition coefficient (Wildman–Crippen LogP) is -0.366. The minimum Gasteiger partial charge on any atom is -1.00 e. The summed E-state index contributed by atoms with van der Waals surface area (Å²) in [4.78, 5) is 0. The molecule has 0 N–H and O–H groups in total. The molecular formula is C10H15Cl2N. The average molecular weight is 220 g/mol. The molecule has 13 heavy (non-hydrogen) atoms. The van der Waals surface area contributed by atoms with Gasteiger partial charge in [-0.3, -0.25) is 0 Å². The van der Waals surface area contributed by atoms with Gasteiger partial charge in [0, 0.05) is 5.56 Å². The molecule has 0 bridgehead atoms. The van der Waals surface area contributed by atoms with Crippen molar-refractivity contribution >= 4 is 11.6 Å². The van der Waals surface area contributed by atoms with Crippen molar-refractivity contribution in [2.24, 2.45) is 0 Å². The first-order valence-electron chi connectivity index (χ1n) is 4.02. The Balaban J connectivity index is 0.00000144. The summed E-state index contributed by atoms with van der Waals surface area (Å²) in [6, 6.07) is 10.1. The molecule has 3 heteroatoms. The van der Waals surface area contributed by atoms with Gasteiger partial charge in [-0.05, 0) is 0 Å². The molecule has 1 aromatic carbocycles. The number of hydrogen-bond donors (Lipinski definition) is 0. The summed E-state index contributed by atoms with van der Waals surface area (Å²) in [5.41, 5.74) is 1.21. The van der Waals surface area contributed by atoms with Crippen LogP contribution in [0.5, 0.6) is 0 Å². The highest BCUT2D eigenvalue weighted by molar-refractivity contribution is 6.19. The van der Waals surface area contributed by atoms with Crippen molar-refractivity contribution < 1.29 is 16.9 Å². The summed E-state index contributed by atoms with van der Waals surface area (Å²) in [6.07, 6.45) is 0. The van der Waals surface area contributed by atoms with Crippen LogP contribution in [0, 0.1) is 0 Å². The summed E-state index contributed by atoms with van der Waals surface area (Å²) >= 11 is 6.25. The van der Waals surface area contributed by atoms with Crippen LogP contribution in [-0.4, -0.2) is 25.6 Å².